The maximum absolute atomic E-state index is 13.8. The molecular formula is C18H17F2N5O. The summed E-state index contributed by atoms with van der Waals surface area (Å²) in [5.41, 5.74) is 1.11. The molecule has 8 heteroatoms. The monoisotopic (exact) mass is 357 g/mol. The SMILES string of the molecule is Cn1ccc2c(N3CCN(Cc4ccc(F)cc4F)C(=O)C3)ncnc21. The second kappa shape index (κ2) is 6.36. The fourth-order valence-corrected chi connectivity index (χ4v) is 3.23. The number of piperazine rings is 1. The Bertz CT molecular complexity index is 987. The van der Waals surface area contributed by atoms with Gasteiger partial charge in [0.2, 0.25) is 5.91 Å². The molecule has 0 aliphatic carbocycles. The van der Waals surface area contributed by atoms with Crippen LogP contribution in [-0.2, 0) is 18.4 Å². The van der Waals surface area contributed by atoms with Crippen LogP contribution in [0, 0.1) is 11.6 Å². The molecule has 0 unspecified atom stereocenters. The minimum atomic E-state index is -0.637. The summed E-state index contributed by atoms with van der Waals surface area (Å²) in [6.07, 6.45) is 3.39. The van der Waals surface area contributed by atoms with Crippen LogP contribution >= 0.6 is 0 Å². The Kier molecular flexibility index (Phi) is 4.02. The molecule has 0 N–H and O–H groups in total. The lowest BCUT2D eigenvalue weighted by atomic mass is 10.1. The van der Waals surface area contributed by atoms with Crippen molar-refractivity contribution in [2.75, 3.05) is 24.5 Å². The van der Waals surface area contributed by atoms with E-state index in [0.717, 1.165) is 22.9 Å². The summed E-state index contributed by atoms with van der Waals surface area (Å²) in [4.78, 5) is 24.6. The zero-order chi connectivity index (χ0) is 18.3. The van der Waals surface area contributed by atoms with E-state index in [1.807, 2.05) is 28.8 Å². The van der Waals surface area contributed by atoms with Crippen molar-refractivity contribution in [3.05, 3.63) is 54.0 Å². The molecule has 0 atom stereocenters. The van der Waals surface area contributed by atoms with Crippen LogP contribution in [0.2, 0.25) is 0 Å². The van der Waals surface area contributed by atoms with E-state index in [1.54, 1.807) is 4.90 Å². The fraction of sp³-hybridized carbons (Fsp3) is 0.278. The summed E-state index contributed by atoms with van der Waals surface area (Å²) in [7, 11) is 1.90. The molecule has 6 nitrogen and oxygen atoms in total. The van der Waals surface area contributed by atoms with Crippen LogP contribution in [0.15, 0.2) is 36.8 Å². The molecule has 1 fully saturated rings. The first-order chi connectivity index (χ1) is 12.5. The molecule has 0 radical (unpaired) electrons. The normalized spacial score (nSPS) is 15.1. The van der Waals surface area contributed by atoms with Gasteiger partial charge in [0, 0.05) is 44.5 Å². The molecule has 1 aliphatic rings. The van der Waals surface area contributed by atoms with Crippen molar-refractivity contribution in [1.82, 2.24) is 19.4 Å². The highest BCUT2D eigenvalue weighted by Crippen LogP contribution is 2.25. The summed E-state index contributed by atoms with van der Waals surface area (Å²) in [5, 5.41) is 0.890. The van der Waals surface area contributed by atoms with Crippen molar-refractivity contribution in [3.8, 4) is 0 Å². The van der Waals surface area contributed by atoms with Crippen molar-refractivity contribution in [1.29, 1.82) is 0 Å². The topological polar surface area (TPSA) is 54.3 Å². The van der Waals surface area contributed by atoms with Crippen LogP contribution in [0.3, 0.4) is 0 Å². The summed E-state index contributed by atoms with van der Waals surface area (Å²) in [6.45, 7) is 1.30. The van der Waals surface area contributed by atoms with Crippen LogP contribution in [-0.4, -0.2) is 45.0 Å². The number of rotatable bonds is 3. The minimum absolute atomic E-state index is 0.123. The maximum Gasteiger partial charge on any atom is 0.242 e. The largest absolute Gasteiger partial charge is 0.345 e. The Balaban J connectivity index is 1.52. The fourth-order valence-electron chi connectivity index (χ4n) is 3.23. The number of anilines is 1. The lowest BCUT2D eigenvalue weighted by Gasteiger charge is -2.35. The Labute approximate surface area is 148 Å². The molecule has 1 saturated heterocycles. The summed E-state index contributed by atoms with van der Waals surface area (Å²) in [6, 6.07) is 5.34. The molecule has 1 aliphatic heterocycles. The first kappa shape index (κ1) is 16.4. The third-order valence-corrected chi connectivity index (χ3v) is 4.64. The number of benzene rings is 1. The molecule has 0 spiro atoms. The Morgan fingerprint density at radius 1 is 1.15 bits per heavy atom. The van der Waals surface area contributed by atoms with E-state index in [2.05, 4.69) is 9.97 Å². The summed E-state index contributed by atoms with van der Waals surface area (Å²) >= 11 is 0. The van der Waals surface area contributed by atoms with Gasteiger partial charge < -0.3 is 14.4 Å². The molecule has 134 valence electrons. The van der Waals surface area contributed by atoms with Crippen molar-refractivity contribution < 1.29 is 13.6 Å². The van der Waals surface area contributed by atoms with Crippen molar-refractivity contribution in [3.63, 3.8) is 0 Å². The van der Waals surface area contributed by atoms with Crippen LogP contribution < -0.4 is 4.90 Å². The van der Waals surface area contributed by atoms with E-state index in [-0.39, 0.29) is 19.0 Å². The lowest BCUT2D eigenvalue weighted by molar-refractivity contribution is -0.131. The van der Waals surface area contributed by atoms with Crippen LogP contribution in [0.1, 0.15) is 5.56 Å². The number of hydrogen-bond donors (Lipinski definition) is 0. The highest BCUT2D eigenvalue weighted by molar-refractivity contribution is 5.91. The van der Waals surface area contributed by atoms with E-state index in [9.17, 15) is 13.6 Å². The number of aromatic nitrogens is 3. The predicted octanol–water partition coefficient (Wildman–Crippen LogP) is 2.10. The van der Waals surface area contributed by atoms with Gasteiger partial charge in [0.1, 0.15) is 29.4 Å². The second-order valence-corrected chi connectivity index (χ2v) is 6.33. The highest BCUT2D eigenvalue weighted by Gasteiger charge is 2.27. The second-order valence-electron chi connectivity index (χ2n) is 6.33. The van der Waals surface area contributed by atoms with E-state index in [1.165, 1.54) is 18.5 Å². The molecule has 26 heavy (non-hydrogen) atoms. The highest BCUT2D eigenvalue weighted by atomic mass is 19.1. The first-order valence-electron chi connectivity index (χ1n) is 8.25. The smallest absolute Gasteiger partial charge is 0.242 e. The van der Waals surface area contributed by atoms with Crippen molar-refractivity contribution in [2.24, 2.45) is 7.05 Å². The molecule has 2 aromatic heterocycles. The van der Waals surface area contributed by atoms with Gasteiger partial charge in [-0.05, 0) is 12.1 Å². The van der Waals surface area contributed by atoms with Crippen LogP contribution in [0.5, 0.6) is 0 Å². The quantitative estimate of drug-likeness (QED) is 0.720. The number of nitrogens with zero attached hydrogens (tertiary/aromatic N) is 5. The first-order valence-corrected chi connectivity index (χ1v) is 8.25. The summed E-state index contributed by atoms with van der Waals surface area (Å²) < 4.78 is 28.8. The lowest BCUT2D eigenvalue weighted by Crippen LogP contribution is -2.50. The van der Waals surface area contributed by atoms with Crippen molar-refractivity contribution >= 4 is 22.8 Å². The summed E-state index contributed by atoms with van der Waals surface area (Å²) in [5.74, 6) is -0.667. The van der Waals surface area contributed by atoms with Gasteiger partial charge in [0.05, 0.1) is 11.9 Å². The molecule has 0 bridgehead atoms. The van der Waals surface area contributed by atoms with Gasteiger partial charge in [0.25, 0.3) is 0 Å². The minimum Gasteiger partial charge on any atom is -0.345 e. The van der Waals surface area contributed by atoms with Gasteiger partial charge in [-0.25, -0.2) is 18.7 Å². The predicted molar refractivity (Wildman–Crippen MR) is 92.5 cm³/mol. The Hall–Kier alpha value is -3.03. The van der Waals surface area contributed by atoms with E-state index >= 15 is 0 Å². The van der Waals surface area contributed by atoms with Gasteiger partial charge in [0.15, 0.2) is 0 Å². The zero-order valence-corrected chi connectivity index (χ0v) is 14.2. The number of halogens is 2. The molecule has 4 rings (SSSR count). The molecular weight excluding hydrogens is 340 g/mol. The zero-order valence-electron chi connectivity index (χ0n) is 14.2. The number of carbonyl (C=O) groups excluding carboxylic acids is 1. The average Bonchev–Trinajstić information content (AvgIpc) is 3.00. The number of fused-ring (bicyclic) bond motifs is 1. The van der Waals surface area contributed by atoms with Gasteiger partial charge >= 0.3 is 0 Å². The number of aryl methyl sites for hydroxylation is 1. The van der Waals surface area contributed by atoms with E-state index < -0.39 is 11.6 Å². The Morgan fingerprint density at radius 3 is 2.77 bits per heavy atom. The van der Waals surface area contributed by atoms with Gasteiger partial charge in [-0.2, -0.15) is 0 Å². The molecule has 0 saturated carbocycles. The van der Waals surface area contributed by atoms with Crippen LogP contribution in [0.4, 0.5) is 14.6 Å². The molecule has 3 heterocycles. The maximum atomic E-state index is 13.8. The number of hydrogen-bond acceptors (Lipinski definition) is 4. The Morgan fingerprint density at radius 2 is 2.00 bits per heavy atom. The molecule has 3 aromatic rings. The number of amides is 1. The standard InChI is InChI=1S/C18H17F2N5O/c1-23-5-4-14-17(23)21-11-22-18(14)25-7-6-24(16(26)10-25)9-12-2-3-13(19)8-15(12)20/h2-5,8,11H,6-7,9-10H2,1H3. The van der Waals surface area contributed by atoms with Gasteiger partial charge in [-0.15, -0.1) is 0 Å². The van der Waals surface area contributed by atoms with Crippen LogP contribution in [0.25, 0.3) is 11.0 Å². The molecule has 1 aromatic carbocycles. The average molecular weight is 357 g/mol. The van der Waals surface area contributed by atoms with E-state index in [4.69, 9.17) is 0 Å². The third kappa shape index (κ3) is 2.87. The van der Waals surface area contributed by atoms with Gasteiger partial charge in [-0.3, -0.25) is 4.79 Å². The molecule has 1 amide bonds. The van der Waals surface area contributed by atoms with Gasteiger partial charge in [-0.1, -0.05) is 6.07 Å². The van der Waals surface area contributed by atoms with E-state index in [0.29, 0.717) is 18.7 Å². The number of carbonyl (C=O) groups is 1. The van der Waals surface area contributed by atoms with Crippen molar-refractivity contribution in [2.45, 2.75) is 6.54 Å². The third-order valence-electron chi connectivity index (χ3n) is 4.64.